The van der Waals surface area contributed by atoms with Crippen LogP contribution in [0.1, 0.15) is 25.1 Å². The fourth-order valence-electron chi connectivity index (χ4n) is 0.911. The number of hydrogen-bond donors (Lipinski definition) is 1. The summed E-state index contributed by atoms with van der Waals surface area (Å²) in [6.07, 6.45) is 0.412. The Labute approximate surface area is 73.6 Å². The van der Waals surface area contributed by atoms with Gasteiger partial charge in [-0.05, 0) is 6.42 Å². The van der Waals surface area contributed by atoms with Crippen molar-refractivity contribution < 1.29 is 13.2 Å². The van der Waals surface area contributed by atoms with Gasteiger partial charge >= 0.3 is 0 Å². The zero-order valence-corrected chi connectivity index (χ0v) is 7.02. The van der Waals surface area contributed by atoms with Crippen LogP contribution in [0.4, 0.5) is 13.2 Å². The van der Waals surface area contributed by atoms with Crippen molar-refractivity contribution in [2.24, 2.45) is 5.73 Å². The largest absolute Gasteiger partial charge is 0.323 e. The van der Waals surface area contributed by atoms with E-state index in [1.165, 1.54) is 0 Å². The molecule has 0 saturated heterocycles. The third-order valence-corrected chi connectivity index (χ3v) is 1.70. The summed E-state index contributed by atoms with van der Waals surface area (Å²) in [6.45, 7) is 1.70. The standard InChI is InChI=1S/C8H9F3N2/c1-2-6(12)7-4(9)3-5(10)8(11)13-7/h3,6H,2,12H2,1H3. The van der Waals surface area contributed by atoms with Crippen LogP contribution in [0.25, 0.3) is 0 Å². The molecule has 72 valence electrons. The van der Waals surface area contributed by atoms with Crippen LogP contribution in [0.5, 0.6) is 0 Å². The second-order valence-electron chi connectivity index (χ2n) is 2.64. The Morgan fingerprint density at radius 2 is 2.00 bits per heavy atom. The number of pyridine rings is 1. The molecule has 0 fully saturated rings. The highest BCUT2D eigenvalue weighted by molar-refractivity contribution is 5.13. The third-order valence-electron chi connectivity index (χ3n) is 1.70. The van der Waals surface area contributed by atoms with E-state index in [2.05, 4.69) is 4.98 Å². The van der Waals surface area contributed by atoms with Crippen LogP contribution >= 0.6 is 0 Å². The van der Waals surface area contributed by atoms with Gasteiger partial charge in [-0.25, -0.2) is 13.8 Å². The van der Waals surface area contributed by atoms with Gasteiger partial charge in [-0.2, -0.15) is 4.39 Å². The average molecular weight is 190 g/mol. The van der Waals surface area contributed by atoms with Crippen LogP contribution in [-0.2, 0) is 0 Å². The highest BCUT2D eigenvalue weighted by Crippen LogP contribution is 2.17. The van der Waals surface area contributed by atoms with E-state index in [1.54, 1.807) is 6.92 Å². The van der Waals surface area contributed by atoms with E-state index in [9.17, 15) is 13.2 Å². The molecule has 0 aliphatic heterocycles. The van der Waals surface area contributed by atoms with Crippen molar-refractivity contribution in [3.63, 3.8) is 0 Å². The Kier molecular flexibility index (Phi) is 2.87. The first kappa shape index (κ1) is 9.98. The molecule has 1 rings (SSSR count). The lowest BCUT2D eigenvalue weighted by molar-refractivity contribution is 0.446. The molecule has 0 aliphatic rings. The van der Waals surface area contributed by atoms with Crippen LogP contribution in [0.2, 0.25) is 0 Å². The molecule has 0 radical (unpaired) electrons. The maximum absolute atomic E-state index is 12.9. The summed E-state index contributed by atoms with van der Waals surface area (Å²) in [4.78, 5) is 3.10. The number of rotatable bonds is 2. The third kappa shape index (κ3) is 1.98. The van der Waals surface area contributed by atoms with Gasteiger partial charge in [0, 0.05) is 12.1 Å². The molecule has 0 aromatic carbocycles. The molecule has 0 amide bonds. The molecule has 2 N–H and O–H groups in total. The minimum Gasteiger partial charge on any atom is -0.323 e. The van der Waals surface area contributed by atoms with Crippen LogP contribution in [0, 0.1) is 17.6 Å². The van der Waals surface area contributed by atoms with E-state index in [0.717, 1.165) is 0 Å². The van der Waals surface area contributed by atoms with E-state index in [4.69, 9.17) is 5.73 Å². The van der Waals surface area contributed by atoms with E-state index in [0.29, 0.717) is 12.5 Å². The fraction of sp³-hybridized carbons (Fsp3) is 0.375. The molecule has 0 bridgehead atoms. The second-order valence-corrected chi connectivity index (χ2v) is 2.64. The average Bonchev–Trinajstić information content (AvgIpc) is 2.10. The van der Waals surface area contributed by atoms with Gasteiger partial charge in [0.05, 0.1) is 5.69 Å². The maximum Gasteiger partial charge on any atom is 0.249 e. The Morgan fingerprint density at radius 3 is 2.54 bits per heavy atom. The van der Waals surface area contributed by atoms with E-state index in [1.807, 2.05) is 0 Å². The van der Waals surface area contributed by atoms with Gasteiger partial charge < -0.3 is 5.73 Å². The number of nitrogens with zero attached hydrogens (tertiary/aromatic N) is 1. The van der Waals surface area contributed by atoms with Gasteiger partial charge in [-0.1, -0.05) is 6.92 Å². The molecule has 13 heavy (non-hydrogen) atoms. The quantitative estimate of drug-likeness (QED) is 0.723. The van der Waals surface area contributed by atoms with Crippen molar-refractivity contribution in [2.75, 3.05) is 0 Å². The lowest BCUT2D eigenvalue weighted by atomic mass is 10.1. The summed E-state index contributed by atoms with van der Waals surface area (Å²) < 4.78 is 37.9. The van der Waals surface area contributed by atoms with Crippen LogP contribution < -0.4 is 5.73 Å². The molecule has 1 unspecified atom stereocenters. The van der Waals surface area contributed by atoms with Gasteiger partial charge in [0.2, 0.25) is 5.95 Å². The lowest BCUT2D eigenvalue weighted by Gasteiger charge is -2.08. The van der Waals surface area contributed by atoms with Crippen molar-refractivity contribution in [3.05, 3.63) is 29.3 Å². The van der Waals surface area contributed by atoms with Gasteiger partial charge in [0.1, 0.15) is 5.82 Å². The van der Waals surface area contributed by atoms with Crippen molar-refractivity contribution >= 4 is 0 Å². The minimum atomic E-state index is -1.32. The molecule has 0 saturated carbocycles. The summed E-state index contributed by atoms with van der Waals surface area (Å²) >= 11 is 0. The molecule has 1 aromatic rings. The molecule has 0 aliphatic carbocycles. The summed E-state index contributed by atoms with van der Waals surface area (Å²) in [7, 11) is 0. The van der Waals surface area contributed by atoms with Crippen molar-refractivity contribution in [2.45, 2.75) is 19.4 Å². The van der Waals surface area contributed by atoms with Crippen molar-refractivity contribution in [1.29, 1.82) is 0 Å². The number of hydrogen-bond acceptors (Lipinski definition) is 2. The molecular weight excluding hydrogens is 181 g/mol. The maximum atomic E-state index is 12.9. The lowest BCUT2D eigenvalue weighted by Crippen LogP contribution is -2.14. The van der Waals surface area contributed by atoms with Crippen LogP contribution in [0.3, 0.4) is 0 Å². The van der Waals surface area contributed by atoms with E-state index in [-0.39, 0.29) is 5.69 Å². The van der Waals surface area contributed by atoms with E-state index >= 15 is 0 Å². The zero-order valence-electron chi connectivity index (χ0n) is 7.02. The van der Waals surface area contributed by atoms with Crippen molar-refractivity contribution in [1.82, 2.24) is 4.98 Å². The van der Waals surface area contributed by atoms with Crippen LogP contribution in [0.15, 0.2) is 6.07 Å². The Balaban J connectivity index is 3.15. The highest BCUT2D eigenvalue weighted by Gasteiger charge is 2.15. The SMILES string of the molecule is CCC(N)c1nc(F)c(F)cc1F. The van der Waals surface area contributed by atoms with Gasteiger partial charge in [-0.3, -0.25) is 0 Å². The van der Waals surface area contributed by atoms with E-state index < -0.39 is 23.6 Å². The highest BCUT2D eigenvalue weighted by atomic mass is 19.2. The smallest absolute Gasteiger partial charge is 0.249 e. The first-order valence-electron chi connectivity index (χ1n) is 3.83. The number of nitrogens with two attached hydrogens (primary N) is 1. The Hall–Kier alpha value is -1.10. The molecule has 0 spiro atoms. The summed E-state index contributed by atoms with van der Waals surface area (Å²) in [6, 6.07) is -0.247. The van der Waals surface area contributed by atoms with Gasteiger partial charge in [-0.15, -0.1) is 0 Å². The molecule has 1 aromatic heterocycles. The summed E-state index contributed by atoms with van der Waals surface area (Å²) in [5.41, 5.74) is 5.19. The number of aromatic nitrogens is 1. The monoisotopic (exact) mass is 190 g/mol. The Morgan fingerprint density at radius 1 is 1.38 bits per heavy atom. The molecule has 1 heterocycles. The number of halogens is 3. The fourth-order valence-corrected chi connectivity index (χ4v) is 0.911. The minimum absolute atomic E-state index is 0.235. The van der Waals surface area contributed by atoms with Gasteiger partial charge in [0.15, 0.2) is 5.82 Å². The second kappa shape index (κ2) is 3.74. The summed E-state index contributed by atoms with van der Waals surface area (Å²) in [5, 5.41) is 0. The summed E-state index contributed by atoms with van der Waals surface area (Å²) in [5.74, 6) is -3.53. The molecular formula is C8H9F3N2. The van der Waals surface area contributed by atoms with Crippen LogP contribution in [-0.4, -0.2) is 4.98 Å². The first-order valence-corrected chi connectivity index (χ1v) is 3.83. The van der Waals surface area contributed by atoms with Gasteiger partial charge in [0.25, 0.3) is 0 Å². The predicted molar refractivity (Wildman–Crippen MR) is 41.3 cm³/mol. The predicted octanol–water partition coefficient (Wildman–Crippen LogP) is 1.91. The normalized spacial score (nSPS) is 13.0. The molecule has 2 nitrogen and oxygen atoms in total. The molecule has 1 atom stereocenters. The Bertz CT molecular complexity index is 315. The topological polar surface area (TPSA) is 38.9 Å². The molecule has 5 heteroatoms. The zero-order chi connectivity index (χ0) is 10.0. The first-order chi connectivity index (χ1) is 6.06. The van der Waals surface area contributed by atoms with Crippen molar-refractivity contribution in [3.8, 4) is 0 Å².